The molecular weight excluding hydrogens is 326 g/mol. The predicted molar refractivity (Wildman–Crippen MR) is 99.4 cm³/mol. The largest absolute Gasteiger partial charge is 0.375 e. The Bertz CT molecular complexity index is 672. The molecule has 2 aromatic rings. The maximum Gasteiger partial charge on any atom is 0.0889 e. The molecular formula is C21H27N3O2. The Kier molecular flexibility index (Phi) is 5.58. The van der Waals surface area contributed by atoms with Crippen LogP contribution >= 0.6 is 0 Å². The van der Waals surface area contributed by atoms with Crippen molar-refractivity contribution in [2.24, 2.45) is 5.41 Å². The van der Waals surface area contributed by atoms with E-state index in [-0.39, 0.29) is 6.10 Å². The second-order valence-corrected chi connectivity index (χ2v) is 7.61. The Labute approximate surface area is 155 Å². The van der Waals surface area contributed by atoms with Crippen LogP contribution in [-0.2, 0) is 22.6 Å². The zero-order valence-corrected chi connectivity index (χ0v) is 15.2. The third-order valence-corrected chi connectivity index (χ3v) is 5.61. The molecule has 5 heteroatoms. The van der Waals surface area contributed by atoms with Crippen molar-refractivity contribution in [2.45, 2.75) is 38.5 Å². The normalized spacial score (nSPS) is 22.7. The second kappa shape index (κ2) is 8.25. The highest BCUT2D eigenvalue weighted by molar-refractivity contribution is 5.08. The van der Waals surface area contributed by atoms with Gasteiger partial charge < -0.3 is 9.47 Å². The van der Waals surface area contributed by atoms with Crippen LogP contribution in [0.15, 0.2) is 48.9 Å². The summed E-state index contributed by atoms with van der Waals surface area (Å²) in [5.41, 5.74) is 2.63. The van der Waals surface area contributed by atoms with E-state index in [1.54, 1.807) is 6.20 Å². The fourth-order valence-electron chi connectivity index (χ4n) is 4.06. The van der Waals surface area contributed by atoms with Gasteiger partial charge in [0.1, 0.15) is 0 Å². The molecule has 2 aromatic heterocycles. The standard InChI is InChI=1S/C21H27N3O2/c1-2-9-23-19(5-1)15-25-16-20-12-21(17-26-20)6-10-24(11-7-21)14-18-4-3-8-22-13-18/h1-5,8-9,13,20H,6-7,10-12,14-17H2. The lowest BCUT2D eigenvalue weighted by Gasteiger charge is -2.38. The van der Waals surface area contributed by atoms with Crippen LogP contribution in [0.4, 0.5) is 0 Å². The van der Waals surface area contributed by atoms with E-state index in [9.17, 15) is 0 Å². The molecule has 0 aromatic carbocycles. The van der Waals surface area contributed by atoms with Gasteiger partial charge in [0.15, 0.2) is 0 Å². The summed E-state index contributed by atoms with van der Waals surface area (Å²) < 4.78 is 11.9. The van der Waals surface area contributed by atoms with E-state index in [4.69, 9.17) is 9.47 Å². The van der Waals surface area contributed by atoms with Crippen LogP contribution in [0.5, 0.6) is 0 Å². The van der Waals surface area contributed by atoms with Gasteiger partial charge in [0.2, 0.25) is 0 Å². The van der Waals surface area contributed by atoms with E-state index >= 15 is 0 Å². The molecule has 26 heavy (non-hydrogen) atoms. The van der Waals surface area contributed by atoms with Gasteiger partial charge in [0.05, 0.1) is 31.6 Å². The third-order valence-electron chi connectivity index (χ3n) is 5.61. The molecule has 5 nitrogen and oxygen atoms in total. The first-order chi connectivity index (χ1) is 12.8. The minimum absolute atomic E-state index is 0.226. The SMILES string of the molecule is c1ccc(COCC2CC3(CCN(Cc4cccnc4)CC3)CO2)nc1. The van der Waals surface area contributed by atoms with Gasteiger partial charge in [-0.3, -0.25) is 14.9 Å². The summed E-state index contributed by atoms with van der Waals surface area (Å²) in [5, 5.41) is 0. The summed E-state index contributed by atoms with van der Waals surface area (Å²) in [6.45, 7) is 5.39. The molecule has 1 atom stereocenters. The number of pyridine rings is 2. The molecule has 4 rings (SSSR count). The van der Waals surface area contributed by atoms with Crippen LogP contribution in [0.1, 0.15) is 30.5 Å². The average Bonchev–Trinajstić information content (AvgIpc) is 3.08. The molecule has 0 bridgehead atoms. The molecule has 2 fully saturated rings. The highest BCUT2D eigenvalue weighted by Gasteiger charge is 2.42. The van der Waals surface area contributed by atoms with Crippen LogP contribution in [0.2, 0.25) is 0 Å². The summed E-state index contributed by atoms with van der Waals surface area (Å²) in [5.74, 6) is 0. The topological polar surface area (TPSA) is 47.5 Å². The van der Waals surface area contributed by atoms with E-state index < -0.39 is 0 Å². The quantitative estimate of drug-likeness (QED) is 0.799. The van der Waals surface area contributed by atoms with Gasteiger partial charge in [-0.25, -0.2) is 0 Å². The Morgan fingerprint density at radius 3 is 2.85 bits per heavy atom. The first-order valence-electron chi connectivity index (χ1n) is 9.52. The molecule has 0 saturated carbocycles. The summed E-state index contributed by atoms with van der Waals surface area (Å²) >= 11 is 0. The smallest absolute Gasteiger partial charge is 0.0889 e. The zero-order chi connectivity index (χ0) is 17.7. The Morgan fingerprint density at radius 2 is 2.08 bits per heavy atom. The zero-order valence-electron chi connectivity index (χ0n) is 15.2. The molecule has 4 heterocycles. The predicted octanol–water partition coefficient (Wildman–Crippen LogP) is 3.06. The van der Waals surface area contributed by atoms with Gasteiger partial charge in [-0.2, -0.15) is 0 Å². The number of ether oxygens (including phenoxy) is 2. The summed E-state index contributed by atoms with van der Waals surface area (Å²) in [4.78, 5) is 11.0. The molecule has 1 unspecified atom stereocenters. The van der Waals surface area contributed by atoms with Crippen LogP contribution in [0, 0.1) is 5.41 Å². The Balaban J connectivity index is 1.20. The monoisotopic (exact) mass is 353 g/mol. The molecule has 2 saturated heterocycles. The van der Waals surface area contributed by atoms with Crippen molar-refractivity contribution < 1.29 is 9.47 Å². The van der Waals surface area contributed by atoms with Crippen LogP contribution in [0.3, 0.4) is 0 Å². The molecule has 2 aliphatic heterocycles. The maximum absolute atomic E-state index is 6.06. The first-order valence-corrected chi connectivity index (χ1v) is 9.52. The molecule has 1 spiro atoms. The van der Waals surface area contributed by atoms with E-state index in [1.165, 1.54) is 18.4 Å². The van der Waals surface area contributed by atoms with Gasteiger partial charge in [0, 0.05) is 25.1 Å². The van der Waals surface area contributed by atoms with Crippen LogP contribution in [0.25, 0.3) is 0 Å². The lowest BCUT2D eigenvalue weighted by molar-refractivity contribution is 0.00554. The van der Waals surface area contributed by atoms with Crippen LogP contribution in [-0.4, -0.2) is 47.3 Å². The molecule has 0 N–H and O–H groups in total. The Morgan fingerprint density at radius 1 is 1.15 bits per heavy atom. The van der Waals surface area contributed by atoms with Crippen molar-refractivity contribution in [1.29, 1.82) is 0 Å². The minimum atomic E-state index is 0.226. The first kappa shape index (κ1) is 17.6. The highest BCUT2D eigenvalue weighted by Crippen LogP contribution is 2.42. The fourth-order valence-corrected chi connectivity index (χ4v) is 4.06. The third kappa shape index (κ3) is 4.47. The van der Waals surface area contributed by atoms with Crippen molar-refractivity contribution in [1.82, 2.24) is 14.9 Å². The number of rotatable bonds is 6. The molecule has 0 amide bonds. The van der Waals surface area contributed by atoms with Gasteiger partial charge in [-0.15, -0.1) is 0 Å². The number of piperidine rings is 1. The molecule has 2 aliphatic rings. The summed E-state index contributed by atoms with van der Waals surface area (Å²) in [7, 11) is 0. The van der Waals surface area contributed by atoms with Crippen LogP contribution < -0.4 is 0 Å². The van der Waals surface area contributed by atoms with E-state index in [0.29, 0.717) is 18.6 Å². The van der Waals surface area contributed by atoms with Gasteiger partial charge >= 0.3 is 0 Å². The number of aromatic nitrogens is 2. The van der Waals surface area contributed by atoms with Crippen molar-refractivity contribution in [3.63, 3.8) is 0 Å². The van der Waals surface area contributed by atoms with Gasteiger partial charge in [-0.05, 0) is 61.5 Å². The van der Waals surface area contributed by atoms with Crippen molar-refractivity contribution in [3.8, 4) is 0 Å². The molecule has 138 valence electrons. The minimum Gasteiger partial charge on any atom is -0.375 e. The second-order valence-electron chi connectivity index (χ2n) is 7.61. The lowest BCUT2D eigenvalue weighted by Crippen LogP contribution is -2.40. The maximum atomic E-state index is 6.06. The number of hydrogen-bond donors (Lipinski definition) is 0. The van der Waals surface area contributed by atoms with Gasteiger partial charge in [-0.1, -0.05) is 12.1 Å². The number of likely N-dealkylation sites (tertiary alicyclic amines) is 1. The van der Waals surface area contributed by atoms with Gasteiger partial charge in [0.25, 0.3) is 0 Å². The lowest BCUT2D eigenvalue weighted by atomic mass is 9.76. The molecule has 0 radical (unpaired) electrons. The summed E-state index contributed by atoms with van der Waals surface area (Å²) in [6.07, 6.45) is 9.38. The number of hydrogen-bond acceptors (Lipinski definition) is 5. The molecule has 0 aliphatic carbocycles. The van der Waals surface area contributed by atoms with E-state index in [2.05, 4.69) is 20.9 Å². The fraction of sp³-hybridized carbons (Fsp3) is 0.524. The van der Waals surface area contributed by atoms with E-state index in [0.717, 1.165) is 38.4 Å². The van der Waals surface area contributed by atoms with E-state index in [1.807, 2.05) is 36.7 Å². The Hall–Kier alpha value is -1.82. The average molecular weight is 353 g/mol. The highest BCUT2D eigenvalue weighted by atomic mass is 16.5. The van der Waals surface area contributed by atoms with Crippen molar-refractivity contribution >= 4 is 0 Å². The van der Waals surface area contributed by atoms with Crippen molar-refractivity contribution in [3.05, 3.63) is 60.2 Å². The number of nitrogens with zero attached hydrogens (tertiary/aromatic N) is 3. The van der Waals surface area contributed by atoms with Crippen molar-refractivity contribution in [2.75, 3.05) is 26.3 Å². The summed E-state index contributed by atoms with van der Waals surface area (Å²) in [6, 6.07) is 10.1.